The minimum atomic E-state index is -3.61. The van der Waals surface area contributed by atoms with Crippen molar-refractivity contribution in [3.63, 3.8) is 0 Å². The molecular weight excluding hydrogens is 387 g/mol. The van der Waals surface area contributed by atoms with Crippen molar-refractivity contribution in [2.45, 2.75) is 13.0 Å². The van der Waals surface area contributed by atoms with Gasteiger partial charge in [-0.05, 0) is 37.3 Å². The van der Waals surface area contributed by atoms with Crippen molar-refractivity contribution in [2.75, 3.05) is 18.0 Å². The number of fused-ring (bicyclic) bond motifs is 1. The molecule has 7 nitrogen and oxygen atoms in total. The molecule has 1 atom stereocenters. The monoisotopic (exact) mass is 406 g/mol. The first kappa shape index (κ1) is 19.8. The molecular formula is C19H19FN2O5S. The molecule has 1 heterocycles. The van der Waals surface area contributed by atoms with E-state index in [1.165, 1.54) is 50.4 Å². The molecule has 2 aromatic carbocycles. The Balaban J connectivity index is 2.33. The molecule has 0 aliphatic rings. The van der Waals surface area contributed by atoms with Crippen LogP contribution in [0, 0.1) is 5.82 Å². The van der Waals surface area contributed by atoms with Gasteiger partial charge in [0.05, 0.1) is 23.6 Å². The van der Waals surface area contributed by atoms with Crippen LogP contribution in [0.15, 0.2) is 40.8 Å². The summed E-state index contributed by atoms with van der Waals surface area (Å²) in [4.78, 5) is 12.5. The van der Waals surface area contributed by atoms with Gasteiger partial charge in [-0.3, -0.25) is 9.52 Å². The maximum Gasteiger partial charge on any atom is 0.255 e. The third-order valence-electron chi connectivity index (χ3n) is 4.17. The second-order valence-electron chi connectivity index (χ2n) is 6.38. The van der Waals surface area contributed by atoms with Gasteiger partial charge in [0.15, 0.2) is 0 Å². The maximum atomic E-state index is 13.3. The van der Waals surface area contributed by atoms with Crippen LogP contribution in [0.25, 0.3) is 22.3 Å². The standard InChI is InChI=1S/C19H19FN2O5S/c1-10(23)13-8-14-16(9-15(13)22-28(3,25)26)27-18(17(14)19(24)21-2)11-4-6-12(20)7-5-11/h4-10,22-23H,1-3H3,(H,21,24). The number of furan rings is 1. The van der Waals surface area contributed by atoms with Gasteiger partial charge in [-0.1, -0.05) is 0 Å². The molecule has 1 unspecified atom stereocenters. The highest BCUT2D eigenvalue weighted by molar-refractivity contribution is 7.92. The van der Waals surface area contributed by atoms with Crippen LogP contribution in [0.4, 0.5) is 10.1 Å². The van der Waals surface area contributed by atoms with Crippen LogP contribution in [0.5, 0.6) is 0 Å². The van der Waals surface area contributed by atoms with E-state index < -0.39 is 27.9 Å². The minimum Gasteiger partial charge on any atom is -0.455 e. The number of amides is 1. The fraction of sp³-hybridized carbons (Fsp3) is 0.211. The lowest BCUT2D eigenvalue weighted by atomic mass is 10.0. The zero-order valence-electron chi connectivity index (χ0n) is 15.4. The molecule has 28 heavy (non-hydrogen) atoms. The van der Waals surface area contributed by atoms with E-state index in [2.05, 4.69) is 10.0 Å². The fourth-order valence-electron chi connectivity index (χ4n) is 2.95. The number of aliphatic hydroxyl groups excluding tert-OH is 1. The highest BCUT2D eigenvalue weighted by Crippen LogP contribution is 2.38. The molecule has 0 saturated heterocycles. The van der Waals surface area contributed by atoms with Gasteiger partial charge in [0.25, 0.3) is 5.91 Å². The molecule has 3 N–H and O–H groups in total. The van der Waals surface area contributed by atoms with Crippen molar-refractivity contribution in [3.05, 3.63) is 53.3 Å². The molecule has 0 bridgehead atoms. The lowest BCUT2D eigenvalue weighted by Crippen LogP contribution is -2.18. The Hall–Kier alpha value is -2.91. The topological polar surface area (TPSA) is 109 Å². The summed E-state index contributed by atoms with van der Waals surface area (Å²) in [5, 5.41) is 13.0. The number of hydrogen-bond donors (Lipinski definition) is 3. The highest BCUT2D eigenvalue weighted by Gasteiger charge is 2.24. The summed E-state index contributed by atoms with van der Waals surface area (Å²) in [7, 11) is -2.14. The summed E-state index contributed by atoms with van der Waals surface area (Å²) in [5.74, 6) is -0.654. The first-order chi connectivity index (χ1) is 13.1. The van der Waals surface area contributed by atoms with E-state index >= 15 is 0 Å². The second kappa shape index (κ2) is 7.25. The van der Waals surface area contributed by atoms with Gasteiger partial charge >= 0.3 is 0 Å². The van der Waals surface area contributed by atoms with E-state index in [0.29, 0.717) is 10.9 Å². The molecule has 3 rings (SSSR count). The number of anilines is 1. The molecule has 0 aliphatic heterocycles. The van der Waals surface area contributed by atoms with E-state index in [1.807, 2.05) is 0 Å². The van der Waals surface area contributed by atoms with Crippen molar-refractivity contribution < 1.29 is 27.1 Å². The van der Waals surface area contributed by atoms with Gasteiger partial charge in [-0.25, -0.2) is 12.8 Å². The predicted molar refractivity (Wildman–Crippen MR) is 104 cm³/mol. The summed E-state index contributed by atoms with van der Waals surface area (Å²) in [6.07, 6.45) is -0.0132. The quantitative estimate of drug-likeness (QED) is 0.604. The molecule has 148 valence electrons. The molecule has 0 radical (unpaired) electrons. The zero-order valence-corrected chi connectivity index (χ0v) is 16.2. The molecule has 3 aromatic rings. The third kappa shape index (κ3) is 3.85. The van der Waals surface area contributed by atoms with Gasteiger partial charge in [0, 0.05) is 29.6 Å². The van der Waals surface area contributed by atoms with Gasteiger partial charge in [-0.15, -0.1) is 0 Å². The summed E-state index contributed by atoms with van der Waals surface area (Å²) in [6.45, 7) is 1.48. The van der Waals surface area contributed by atoms with E-state index in [4.69, 9.17) is 4.42 Å². The van der Waals surface area contributed by atoms with Crippen molar-refractivity contribution in [1.82, 2.24) is 5.32 Å². The van der Waals surface area contributed by atoms with Gasteiger partial charge < -0.3 is 14.8 Å². The van der Waals surface area contributed by atoms with Crippen LogP contribution < -0.4 is 10.0 Å². The Kier molecular flexibility index (Phi) is 5.14. The largest absolute Gasteiger partial charge is 0.455 e. The average molecular weight is 406 g/mol. The Labute approximate surface area is 161 Å². The Morgan fingerprint density at radius 3 is 2.39 bits per heavy atom. The number of benzene rings is 2. The molecule has 1 aromatic heterocycles. The highest BCUT2D eigenvalue weighted by atomic mass is 32.2. The smallest absolute Gasteiger partial charge is 0.255 e. The Morgan fingerprint density at radius 1 is 1.21 bits per heavy atom. The van der Waals surface area contributed by atoms with Gasteiger partial charge in [0.1, 0.15) is 17.2 Å². The van der Waals surface area contributed by atoms with E-state index in [0.717, 1.165) is 6.26 Å². The van der Waals surface area contributed by atoms with Crippen LogP contribution in [0.1, 0.15) is 28.9 Å². The third-order valence-corrected chi connectivity index (χ3v) is 4.76. The second-order valence-corrected chi connectivity index (χ2v) is 8.13. The van der Waals surface area contributed by atoms with Crippen LogP contribution in [0.3, 0.4) is 0 Å². The zero-order chi connectivity index (χ0) is 20.6. The van der Waals surface area contributed by atoms with Gasteiger partial charge in [-0.2, -0.15) is 0 Å². The lowest BCUT2D eigenvalue weighted by molar-refractivity contribution is 0.0964. The number of aliphatic hydroxyl groups is 1. The number of halogens is 1. The van der Waals surface area contributed by atoms with Crippen molar-refractivity contribution in [2.24, 2.45) is 0 Å². The number of carbonyl (C=O) groups is 1. The van der Waals surface area contributed by atoms with E-state index in [9.17, 15) is 22.7 Å². The average Bonchev–Trinajstić information content (AvgIpc) is 2.97. The van der Waals surface area contributed by atoms with Crippen molar-refractivity contribution in [3.8, 4) is 11.3 Å². The van der Waals surface area contributed by atoms with Crippen LogP contribution >= 0.6 is 0 Å². The summed E-state index contributed by atoms with van der Waals surface area (Å²) < 4.78 is 44.8. The normalized spacial score (nSPS) is 12.8. The molecule has 1 amide bonds. The number of rotatable bonds is 5. The SMILES string of the molecule is CNC(=O)c1c(-c2ccc(F)cc2)oc2cc(NS(C)(=O)=O)c(C(C)O)cc12. The summed E-state index contributed by atoms with van der Waals surface area (Å²) >= 11 is 0. The van der Waals surface area contributed by atoms with Crippen molar-refractivity contribution >= 4 is 32.6 Å². The first-order valence-corrected chi connectivity index (χ1v) is 10.2. The summed E-state index contributed by atoms with van der Waals surface area (Å²) in [5.41, 5.74) is 1.36. The molecule has 0 aliphatic carbocycles. The molecule has 0 saturated carbocycles. The maximum absolute atomic E-state index is 13.3. The van der Waals surface area contributed by atoms with Crippen LogP contribution in [-0.2, 0) is 10.0 Å². The van der Waals surface area contributed by atoms with Crippen LogP contribution in [0.2, 0.25) is 0 Å². The van der Waals surface area contributed by atoms with Crippen molar-refractivity contribution in [1.29, 1.82) is 0 Å². The minimum absolute atomic E-state index is 0.146. The Morgan fingerprint density at radius 2 is 1.86 bits per heavy atom. The summed E-state index contributed by atoms with van der Waals surface area (Å²) in [6, 6.07) is 8.37. The van der Waals surface area contributed by atoms with Gasteiger partial charge in [0.2, 0.25) is 10.0 Å². The fourth-order valence-corrected chi connectivity index (χ4v) is 3.52. The number of sulfonamides is 1. The number of hydrogen-bond acceptors (Lipinski definition) is 5. The predicted octanol–water partition coefficient (Wildman–Crippen LogP) is 3.02. The Bertz CT molecular complexity index is 1150. The van der Waals surface area contributed by atoms with E-state index in [-0.39, 0.29) is 28.2 Å². The molecule has 0 spiro atoms. The van der Waals surface area contributed by atoms with E-state index in [1.54, 1.807) is 0 Å². The number of nitrogens with one attached hydrogen (secondary N) is 2. The first-order valence-electron chi connectivity index (χ1n) is 8.35. The molecule has 0 fully saturated rings. The number of carbonyl (C=O) groups excluding carboxylic acids is 1. The molecule has 9 heteroatoms. The lowest BCUT2D eigenvalue weighted by Gasteiger charge is -2.13. The van der Waals surface area contributed by atoms with Crippen LogP contribution in [-0.4, -0.2) is 32.7 Å².